The lowest BCUT2D eigenvalue weighted by atomic mass is 10.1. The summed E-state index contributed by atoms with van der Waals surface area (Å²) in [5, 5.41) is 5.55. The summed E-state index contributed by atoms with van der Waals surface area (Å²) < 4.78 is 5.31. The van der Waals surface area contributed by atoms with Crippen LogP contribution >= 0.6 is 0 Å². The van der Waals surface area contributed by atoms with Crippen molar-refractivity contribution in [1.29, 1.82) is 0 Å². The molecule has 0 unspecified atom stereocenters. The Hall–Kier alpha value is -3.39. The Kier molecular flexibility index (Phi) is 7.83. The SMILES string of the molecule is COc1ccc(NC(C)=O)cc1NC(=O)CN1CCN(C(=O)Cc2ccc(C)cc2)CC1. The number of amides is 3. The molecule has 0 aromatic heterocycles. The zero-order valence-corrected chi connectivity index (χ0v) is 18.8. The number of anilines is 2. The largest absolute Gasteiger partial charge is 0.495 e. The molecular formula is C24H30N4O4. The van der Waals surface area contributed by atoms with Crippen LogP contribution in [0.3, 0.4) is 0 Å². The summed E-state index contributed by atoms with van der Waals surface area (Å²) in [6.45, 7) is 6.13. The number of carbonyl (C=O) groups is 3. The molecule has 2 aromatic rings. The van der Waals surface area contributed by atoms with Gasteiger partial charge >= 0.3 is 0 Å². The number of hydrogen-bond acceptors (Lipinski definition) is 5. The summed E-state index contributed by atoms with van der Waals surface area (Å²) >= 11 is 0. The first-order chi connectivity index (χ1) is 15.3. The van der Waals surface area contributed by atoms with Gasteiger partial charge in [-0.1, -0.05) is 29.8 Å². The maximum Gasteiger partial charge on any atom is 0.238 e. The van der Waals surface area contributed by atoms with Crippen LogP contribution in [0.5, 0.6) is 5.75 Å². The number of nitrogens with zero attached hydrogens (tertiary/aromatic N) is 2. The number of carbonyl (C=O) groups excluding carboxylic acids is 3. The summed E-state index contributed by atoms with van der Waals surface area (Å²) in [5.74, 6) is 0.251. The number of aryl methyl sites for hydroxylation is 1. The highest BCUT2D eigenvalue weighted by Gasteiger charge is 2.23. The summed E-state index contributed by atoms with van der Waals surface area (Å²) in [5.41, 5.74) is 3.26. The van der Waals surface area contributed by atoms with Crippen molar-refractivity contribution in [2.75, 3.05) is 50.5 Å². The van der Waals surface area contributed by atoms with E-state index < -0.39 is 0 Å². The topological polar surface area (TPSA) is 91.0 Å². The molecule has 1 fully saturated rings. The van der Waals surface area contributed by atoms with E-state index >= 15 is 0 Å². The van der Waals surface area contributed by atoms with Gasteiger partial charge in [0, 0.05) is 38.8 Å². The third kappa shape index (κ3) is 6.55. The average molecular weight is 439 g/mol. The maximum atomic E-state index is 12.6. The molecule has 0 spiro atoms. The first-order valence-electron chi connectivity index (χ1n) is 10.6. The Balaban J connectivity index is 1.49. The third-order valence-corrected chi connectivity index (χ3v) is 5.36. The van der Waals surface area contributed by atoms with Gasteiger partial charge in [0.05, 0.1) is 25.8 Å². The van der Waals surface area contributed by atoms with Crippen molar-refractivity contribution in [3.05, 3.63) is 53.6 Å². The molecule has 8 nitrogen and oxygen atoms in total. The fourth-order valence-electron chi connectivity index (χ4n) is 3.63. The minimum Gasteiger partial charge on any atom is -0.495 e. The Morgan fingerprint density at radius 1 is 0.969 bits per heavy atom. The van der Waals surface area contributed by atoms with Gasteiger partial charge in [-0.15, -0.1) is 0 Å². The molecule has 170 valence electrons. The Morgan fingerprint density at radius 3 is 2.28 bits per heavy atom. The monoisotopic (exact) mass is 438 g/mol. The number of rotatable bonds is 7. The zero-order valence-electron chi connectivity index (χ0n) is 18.8. The first kappa shape index (κ1) is 23.3. The van der Waals surface area contributed by atoms with Gasteiger partial charge in [-0.2, -0.15) is 0 Å². The highest BCUT2D eigenvalue weighted by atomic mass is 16.5. The number of nitrogens with one attached hydrogen (secondary N) is 2. The van der Waals surface area contributed by atoms with Gasteiger partial charge in [-0.25, -0.2) is 0 Å². The summed E-state index contributed by atoms with van der Waals surface area (Å²) in [7, 11) is 1.52. The van der Waals surface area contributed by atoms with Crippen molar-refractivity contribution < 1.29 is 19.1 Å². The van der Waals surface area contributed by atoms with E-state index in [9.17, 15) is 14.4 Å². The zero-order chi connectivity index (χ0) is 23.1. The van der Waals surface area contributed by atoms with Gasteiger partial charge in [0.25, 0.3) is 0 Å². The van der Waals surface area contributed by atoms with Crippen LogP contribution in [0.2, 0.25) is 0 Å². The quantitative estimate of drug-likeness (QED) is 0.692. The first-order valence-corrected chi connectivity index (χ1v) is 10.6. The Labute approximate surface area is 188 Å². The predicted molar refractivity (Wildman–Crippen MR) is 124 cm³/mol. The van der Waals surface area contributed by atoms with Crippen LogP contribution in [0.4, 0.5) is 11.4 Å². The van der Waals surface area contributed by atoms with Gasteiger partial charge in [0.2, 0.25) is 17.7 Å². The lowest BCUT2D eigenvalue weighted by Crippen LogP contribution is -2.50. The van der Waals surface area contributed by atoms with Gasteiger partial charge in [-0.05, 0) is 30.7 Å². The van der Waals surface area contributed by atoms with E-state index in [0.29, 0.717) is 49.7 Å². The standard InChI is InChI=1S/C24H30N4O4/c1-17-4-6-19(7-5-17)14-24(31)28-12-10-27(11-13-28)16-23(30)26-21-15-20(25-18(2)29)8-9-22(21)32-3/h4-9,15H,10-14,16H2,1-3H3,(H,25,29)(H,26,30). The second kappa shape index (κ2) is 10.8. The van der Waals surface area contributed by atoms with E-state index in [4.69, 9.17) is 4.74 Å². The van der Waals surface area contributed by atoms with Crippen LogP contribution in [0.1, 0.15) is 18.1 Å². The maximum absolute atomic E-state index is 12.6. The highest BCUT2D eigenvalue weighted by molar-refractivity contribution is 5.95. The molecule has 3 rings (SSSR count). The summed E-state index contributed by atoms with van der Waals surface area (Å²) in [4.78, 5) is 40.3. The molecule has 2 N–H and O–H groups in total. The van der Waals surface area contributed by atoms with Gasteiger partial charge in [-0.3, -0.25) is 19.3 Å². The molecule has 0 radical (unpaired) electrons. The minimum atomic E-state index is -0.192. The molecule has 0 bridgehead atoms. The van der Waals surface area contributed by atoms with Crippen LogP contribution in [0, 0.1) is 6.92 Å². The van der Waals surface area contributed by atoms with Gasteiger partial charge < -0.3 is 20.3 Å². The molecule has 32 heavy (non-hydrogen) atoms. The number of benzene rings is 2. The van der Waals surface area contributed by atoms with Crippen LogP contribution < -0.4 is 15.4 Å². The van der Waals surface area contributed by atoms with Crippen LogP contribution in [-0.4, -0.2) is 67.4 Å². The van der Waals surface area contributed by atoms with Crippen molar-refractivity contribution >= 4 is 29.1 Å². The number of methoxy groups -OCH3 is 1. The summed E-state index contributed by atoms with van der Waals surface area (Å²) in [6, 6.07) is 13.1. The van der Waals surface area contributed by atoms with Gasteiger partial charge in [0.1, 0.15) is 5.75 Å². The minimum absolute atomic E-state index is 0.109. The Bertz CT molecular complexity index is 966. The molecule has 1 aliphatic rings. The second-order valence-corrected chi connectivity index (χ2v) is 7.96. The molecular weight excluding hydrogens is 408 g/mol. The van der Waals surface area contributed by atoms with E-state index in [0.717, 1.165) is 5.56 Å². The predicted octanol–water partition coefficient (Wildman–Crippen LogP) is 2.29. The van der Waals surface area contributed by atoms with Crippen molar-refractivity contribution in [3.63, 3.8) is 0 Å². The van der Waals surface area contributed by atoms with Crippen molar-refractivity contribution in [2.24, 2.45) is 0 Å². The van der Waals surface area contributed by atoms with Crippen molar-refractivity contribution in [2.45, 2.75) is 20.3 Å². The summed E-state index contributed by atoms with van der Waals surface area (Å²) in [6.07, 6.45) is 0.394. The normalized spacial score (nSPS) is 14.0. The molecule has 2 aromatic carbocycles. The molecule has 1 aliphatic heterocycles. The average Bonchev–Trinajstić information content (AvgIpc) is 2.75. The Morgan fingerprint density at radius 2 is 1.66 bits per heavy atom. The number of ether oxygens (including phenoxy) is 1. The molecule has 8 heteroatoms. The van der Waals surface area contributed by atoms with Crippen molar-refractivity contribution in [1.82, 2.24) is 9.80 Å². The fraction of sp³-hybridized carbons (Fsp3) is 0.375. The van der Waals surface area contributed by atoms with E-state index in [2.05, 4.69) is 10.6 Å². The molecule has 3 amide bonds. The lowest BCUT2D eigenvalue weighted by Gasteiger charge is -2.34. The second-order valence-electron chi connectivity index (χ2n) is 7.96. The van der Waals surface area contributed by atoms with Crippen LogP contribution in [-0.2, 0) is 20.8 Å². The van der Waals surface area contributed by atoms with Crippen molar-refractivity contribution in [3.8, 4) is 5.75 Å². The highest BCUT2D eigenvalue weighted by Crippen LogP contribution is 2.28. The number of piperazine rings is 1. The van der Waals surface area contributed by atoms with Crippen LogP contribution in [0.25, 0.3) is 0 Å². The number of hydrogen-bond donors (Lipinski definition) is 2. The van der Waals surface area contributed by atoms with Crippen LogP contribution in [0.15, 0.2) is 42.5 Å². The van der Waals surface area contributed by atoms with E-state index in [1.54, 1.807) is 18.2 Å². The fourth-order valence-corrected chi connectivity index (χ4v) is 3.63. The molecule has 0 aliphatic carbocycles. The molecule has 0 atom stereocenters. The smallest absolute Gasteiger partial charge is 0.238 e. The molecule has 1 heterocycles. The van der Waals surface area contributed by atoms with Gasteiger partial charge in [0.15, 0.2) is 0 Å². The lowest BCUT2D eigenvalue weighted by molar-refractivity contribution is -0.132. The molecule has 0 saturated carbocycles. The van der Waals surface area contributed by atoms with E-state index in [1.807, 2.05) is 41.0 Å². The molecule has 1 saturated heterocycles. The third-order valence-electron chi connectivity index (χ3n) is 5.36. The van der Waals surface area contributed by atoms with E-state index in [-0.39, 0.29) is 24.3 Å². The van der Waals surface area contributed by atoms with E-state index in [1.165, 1.54) is 19.6 Å².